The molecule has 1 rings (SSSR count). The molecule has 2 heteroatoms. The quantitative estimate of drug-likeness (QED) is 0.624. The van der Waals surface area contributed by atoms with Gasteiger partial charge in [0, 0.05) is 11.7 Å². The maximum atomic E-state index is 4.54. The van der Waals surface area contributed by atoms with E-state index in [0.29, 0.717) is 6.04 Å². The molecule has 2 nitrogen and oxygen atoms in total. The average molecular weight is 222 g/mol. The fraction of sp³-hybridized carbons (Fsp3) is 0.786. The van der Waals surface area contributed by atoms with Crippen LogP contribution in [0.2, 0.25) is 0 Å². The SMILES string of the molecule is CCCCCCCC(C)n1nc(C)cc1C. The molecule has 1 aromatic rings. The molecular weight excluding hydrogens is 196 g/mol. The van der Waals surface area contributed by atoms with E-state index in [9.17, 15) is 0 Å². The fourth-order valence-corrected chi connectivity index (χ4v) is 2.26. The van der Waals surface area contributed by atoms with Gasteiger partial charge in [0.15, 0.2) is 0 Å². The van der Waals surface area contributed by atoms with Crippen LogP contribution < -0.4 is 0 Å². The minimum atomic E-state index is 0.551. The zero-order chi connectivity index (χ0) is 12.0. The second-order valence-corrected chi connectivity index (χ2v) is 4.92. The molecule has 0 fully saturated rings. The summed E-state index contributed by atoms with van der Waals surface area (Å²) >= 11 is 0. The summed E-state index contributed by atoms with van der Waals surface area (Å²) in [5.74, 6) is 0. The van der Waals surface area contributed by atoms with Crippen molar-refractivity contribution < 1.29 is 0 Å². The number of aryl methyl sites for hydroxylation is 2. The predicted octanol–water partition coefficient (Wildman–Crippen LogP) is 4.42. The molecule has 0 amide bonds. The molecule has 1 aromatic heterocycles. The largest absolute Gasteiger partial charge is 0.267 e. The topological polar surface area (TPSA) is 17.8 Å². The first kappa shape index (κ1) is 13.3. The van der Waals surface area contributed by atoms with Crippen molar-refractivity contribution in [2.75, 3.05) is 0 Å². The molecule has 16 heavy (non-hydrogen) atoms. The smallest absolute Gasteiger partial charge is 0.0596 e. The van der Waals surface area contributed by atoms with Gasteiger partial charge in [-0.2, -0.15) is 5.10 Å². The van der Waals surface area contributed by atoms with Gasteiger partial charge in [0.25, 0.3) is 0 Å². The summed E-state index contributed by atoms with van der Waals surface area (Å²) in [7, 11) is 0. The third-order valence-corrected chi connectivity index (χ3v) is 3.19. The fourth-order valence-electron chi connectivity index (χ4n) is 2.26. The lowest BCUT2D eigenvalue weighted by molar-refractivity contribution is 0.425. The Morgan fingerprint density at radius 3 is 2.44 bits per heavy atom. The molecule has 0 spiro atoms. The molecule has 0 radical (unpaired) electrons. The zero-order valence-electron chi connectivity index (χ0n) is 11.3. The van der Waals surface area contributed by atoms with Crippen LogP contribution in [0.15, 0.2) is 6.07 Å². The number of hydrogen-bond acceptors (Lipinski definition) is 1. The van der Waals surface area contributed by atoms with Crippen LogP contribution in [0.4, 0.5) is 0 Å². The third kappa shape index (κ3) is 3.99. The lowest BCUT2D eigenvalue weighted by Gasteiger charge is -2.14. The van der Waals surface area contributed by atoms with Crippen LogP contribution in [0.25, 0.3) is 0 Å². The van der Waals surface area contributed by atoms with E-state index in [-0.39, 0.29) is 0 Å². The number of unbranched alkanes of at least 4 members (excludes halogenated alkanes) is 4. The third-order valence-electron chi connectivity index (χ3n) is 3.19. The summed E-state index contributed by atoms with van der Waals surface area (Å²) in [6, 6.07) is 2.71. The normalized spacial score (nSPS) is 13.0. The molecule has 0 aliphatic heterocycles. The minimum Gasteiger partial charge on any atom is -0.267 e. The molecule has 1 atom stereocenters. The van der Waals surface area contributed by atoms with E-state index in [1.807, 2.05) is 0 Å². The second-order valence-electron chi connectivity index (χ2n) is 4.92. The Labute approximate surface area is 100 Å². The van der Waals surface area contributed by atoms with Crippen molar-refractivity contribution in [3.05, 3.63) is 17.5 Å². The summed E-state index contributed by atoms with van der Waals surface area (Å²) in [5, 5.41) is 4.54. The van der Waals surface area contributed by atoms with Crippen molar-refractivity contribution in [3.8, 4) is 0 Å². The molecular formula is C14H26N2. The molecule has 0 aromatic carbocycles. The molecule has 92 valence electrons. The highest BCUT2D eigenvalue weighted by molar-refractivity contribution is 5.07. The predicted molar refractivity (Wildman–Crippen MR) is 69.8 cm³/mol. The van der Waals surface area contributed by atoms with Gasteiger partial charge in [-0.05, 0) is 33.3 Å². The Morgan fingerprint density at radius 1 is 1.19 bits per heavy atom. The van der Waals surface area contributed by atoms with E-state index < -0.39 is 0 Å². The first-order chi connectivity index (χ1) is 7.65. The summed E-state index contributed by atoms with van der Waals surface area (Å²) in [6.07, 6.45) is 8.06. The van der Waals surface area contributed by atoms with Gasteiger partial charge < -0.3 is 0 Å². The van der Waals surface area contributed by atoms with Crippen molar-refractivity contribution in [1.82, 2.24) is 9.78 Å². The molecule has 0 aliphatic carbocycles. The van der Waals surface area contributed by atoms with Crippen molar-refractivity contribution in [2.24, 2.45) is 0 Å². The van der Waals surface area contributed by atoms with Crippen molar-refractivity contribution in [3.63, 3.8) is 0 Å². The van der Waals surface area contributed by atoms with E-state index >= 15 is 0 Å². The highest BCUT2D eigenvalue weighted by atomic mass is 15.3. The number of nitrogens with zero attached hydrogens (tertiary/aromatic N) is 2. The Bertz CT molecular complexity index is 302. The molecule has 1 unspecified atom stereocenters. The number of hydrogen-bond donors (Lipinski definition) is 0. The standard InChI is InChI=1S/C14H26N2/c1-5-6-7-8-9-10-13(3)16-14(4)11-12(2)15-16/h11,13H,5-10H2,1-4H3. The van der Waals surface area contributed by atoms with Crippen LogP contribution in [0.1, 0.15) is 69.8 Å². The first-order valence-electron chi connectivity index (χ1n) is 6.68. The van der Waals surface area contributed by atoms with Gasteiger partial charge >= 0.3 is 0 Å². The van der Waals surface area contributed by atoms with E-state index in [2.05, 4.69) is 43.5 Å². The van der Waals surface area contributed by atoms with Crippen molar-refractivity contribution in [1.29, 1.82) is 0 Å². The van der Waals surface area contributed by atoms with Crippen LogP contribution in [-0.4, -0.2) is 9.78 Å². The maximum Gasteiger partial charge on any atom is 0.0596 e. The van der Waals surface area contributed by atoms with Gasteiger partial charge in [0.1, 0.15) is 0 Å². The van der Waals surface area contributed by atoms with E-state index in [1.54, 1.807) is 0 Å². The lowest BCUT2D eigenvalue weighted by atomic mass is 10.1. The summed E-state index contributed by atoms with van der Waals surface area (Å²) < 4.78 is 2.18. The maximum absolute atomic E-state index is 4.54. The molecule has 0 N–H and O–H groups in total. The summed E-state index contributed by atoms with van der Waals surface area (Å²) in [5.41, 5.74) is 2.42. The van der Waals surface area contributed by atoms with Gasteiger partial charge in [-0.3, -0.25) is 4.68 Å². The number of rotatable bonds is 7. The van der Waals surface area contributed by atoms with E-state index in [0.717, 1.165) is 5.69 Å². The lowest BCUT2D eigenvalue weighted by Crippen LogP contribution is -2.08. The monoisotopic (exact) mass is 222 g/mol. The Kier molecular flexibility index (Phi) is 5.58. The van der Waals surface area contributed by atoms with Gasteiger partial charge in [0.2, 0.25) is 0 Å². The van der Waals surface area contributed by atoms with E-state index in [1.165, 1.54) is 44.2 Å². The van der Waals surface area contributed by atoms with Crippen LogP contribution in [-0.2, 0) is 0 Å². The molecule has 1 heterocycles. The zero-order valence-corrected chi connectivity index (χ0v) is 11.3. The van der Waals surface area contributed by atoms with Crippen LogP contribution in [0.5, 0.6) is 0 Å². The first-order valence-corrected chi connectivity index (χ1v) is 6.68. The molecule has 0 saturated heterocycles. The Morgan fingerprint density at radius 2 is 1.88 bits per heavy atom. The second kappa shape index (κ2) is 6.72. The molecule has 0 aliphatic rings. The van der Waals surface area contributed by atoms with Crippen molar-refractivity contribution >= 4 is 0 Å². The van der Waals surface area contributed by atoms with Gasteiger partial charge in [-0.25, -0.2) is 0 Å². The summed E-state index contributed by atoms with van der Waals surface area (Å²) in [6.45, 7) is 8.75. The van der Waals surface area contributed by atoms with Gasteiger partial charge in [0.05, 0.1) is 5.69 Å². The number of aromatic nitrogens is 2. The Balaban J connectivity index is 2.29. The minimum absolute atomic E-state index is 0.551. The molecule has 0 saturated carbocycles. The van der Waals surface area contributed by atoms with Crippen LogP contribution >= 0.6 is 0 Å². The van der Waals surface area contributed by atoms with Crippen molar-refractivity contribution in [2.45, 2.75) is 72.3 Å². The van der Waals surface area contributed by atoms with Gasteiger partial charge in [-0.15, -0.1) is 0 Å². The van der Waals surface area contributed by atoms with Crippen LogP contribution in [0.3, 0.4) is 0 Å². The van der Waals surface area contributed by atoms with Gasteiger partial charge in [-0.1, -0.05) is 39.0 Å². The summed E-state index contributed by atoms with van der Waals surface area (Å²) in [4.78, 5) is 0. The Hall–Kier alpha value is -0.790. The van der Waals surface area contributed by atoms with E-state index in [4.69, 9.17) is 0 Å². The average Bonchev–Trinajstić information content (AvgIpc) is 2.57. The highest BCUT2D eigenvalue weighted by Crippen LogP contribution is 2.17. The highest BCUT2D eigenvalue weighted by Gasteiger charge is 2.08. The molecule has 0 bridgehead atoms. The van der Waals surface area contributed by atoms with Crippen LogP contribution in [0, 0.1) is 13.8 Å².